The molecule has 3 atom stereocenters. The maximum absolute atomic E-state index is 14.0. The van der Waals surface area contributed by atoms with Gasteiger partial charge in [0.05, 0.1) is 5.56 Å². The Labute approximate surface area is 189 Å². The lowest BCUT2D eigenvalue weighted by atomic mass is 9.92. The molecule has 6 N–H and O–H groups in total. The van der Waals surface area contributed by atoms with Gasteiger partial charge in [-0.2, -0.15) is 23.3 Å². The number of aromatic nitrogens is 2. The summed E-state index contributed by atoms with van der Waals surface area (Å²) in [6, 6.07) is 3.80. The fourth-order valence-electron chi connectivity index (χ4n) is 4.20. The van der Waals surface area contributed by atoms with Crippen LogP contribution in [0.2, 0.25) is 0 Å². The summed E-state index contributed by atoms with van der Waals surface area (Å²) in [6.07, 6.45) is -4.35. The van der Waals surface area contributed by atoms with Gasteiger partial charge in [-0.3, -0.25) is 0 Å². The SMILES string of the molecule is N/N=C(/COC(c1ccc(-c2nccs2)c2oc(N3CC4CC(C3)N4)nc12)C(F)(F)F)NN. The number of rotatable bonds is 6. The van der Waals surface area contributed by atoms with Gasteiger partial charge in [-0.1, -0.05) is 6.07 Å². The Balaban J connectivity index is 1.59. The lowest BCUT2D eigenvalue weighted by Gasteiger charge is -2.47. The zero-order valence-corrected chi connectivity index (χ0v) is 18.0. The summed E-state index contributed by atoms with van der Waals surface area (Å²) >= 11 is 1.36. The van der Waals surface area contributed by atoms with Gasteiger partial charge in [0.1, 0.15) is 17.1 Å². The number of halogens is 3. The number of fused-ring (bicyclic) bond motifs is 3. The molecule has 0 amide bonds. The predicted molar refractivity (Wildman–Crippen MR) is 116 cm³/mol. The van der Waals surface area contributed by atoms with Gasteiger partial charge in [-0.05, 0) is 12.5 Å². The van der Waals surface area contributed by atoms with Crippen LogP contribution in [-0.4, -0.2) is 53.8 Å². The largest absolute Gasteiger partial charge is 0.423 e. The van der Waals surface area contributed by atoms with E-state index in [1.807, 2.05) is 4.90 Å². The number of hydrogen-bond acceptors (Lipinski definition) is 10. The van der Waals surface area contributed by atoms with Crippen molar-refractivity contribution in [3.05, 3.63) is 29.3 Å². The monoisotopic (exact) mass is 482 g/mol. The summed E-state index contributed by atoms with van der Waals surface area (Å²) in [7, 11) is 0. The van der Waals surface area contributed by atoms with E-state index in [1.165, 1.54) is 17.4 Å². The first-order chi connectivity index (χ1) is 15.9. The van der Waals surface area contributed by atoms with Crippen molar-refractivity contribution in [1.82, 2.24) is 20.7 Å². The molecule has 3 aliphatic rings. The Morgan fingerprint density at radius 1 is 1.39 bits per heavy atom. The number of benzene rings is 1. The number of thiazole rings is 1. The van der Waals surface area contributed by atoms with Gasteiger partial charge >= 0.3 is 6.18 Å². The topological polar surface area (TPSA) is 140 Å². The van der Waals surface area contributed by atoms with Crippen LogP contribution in [0.4, 0.5) is 19.2 Å². The molecule has 0 saturated carbocycles. The fourth-order valence-corrected chi connectivity index (χ4v) is 4.86. The van der Waals surface area contributed by atoms with Crippen LogP contribution in [0.25, 0.3) is 21.7 Å². The van der Waals surface area contributed by atoms with Crippen molar-refractivity contribution in [2.45, 2.75) is 30.8 Å². The van der Waals surface area contributed by atoms with Crippen LogP contribution in [0.3, 0.4) is 0 Å². The molecule has 6 rings (SSSR count). The van der Waals surface area contributed by atoms with Gasteiger partial charge in [-0.15, -0.1) is 11.3 Å². The number of piperazine rings is 1. The molecule has 0 spiro atoms. The maximum Gasteiger partial charge on any atom is 0.418 e. The average molecular weight is 482 g/mol. The second-order valence-electron chi connectivity index (χ2n) is 7.87. The van der Waals surface area contributed by atoms with Crippen LogP contribution in [0.5, 0.6) is 0 Å². The van der Waals surface area contributed by atoms with Crippen molar-refractivity contribution in [2.24, 2.45) is 16.8 Å². The number of nitrogens with two attached hydrogens (primary N) is 2. The van der Waals surface area contributed by atoms with E-state index in [0.717, 1.165) is 6.42 Å². The van der Waals surface area contributed by atoms with E-state index < -0.39 is 18.9 Å². The molecule has 0 radical (unpaired) electrons. The second-order valence-corrected chi connectivity index (χ2v) is 8.76. The third-order valence-corrected chi connectivity index (χ3v) is 6.51. The number of oxazole rings is 1. The van der Waals surface area contributed by atoms with Crippen LogP contribution in [0.1, 0.15) is 18.1 Å². The Hall–Kier alpha value is -2.94. The zero-order valence-electron chi connectivity index (χ0n) is 17.2. The third kappa shape index (κ3) is 4.10. The number of nitrogens with one attached hydrogen (secondary N) is 2. The molecule has 3 aliphatic heterocycles. The minimum Gasteiger partial charge on any atom is -0.423 e. The lowest BCUT2D eigenvalue weighted by Crippen LogP contribution is -2.67. The Morgan fingerprint density at radius 3 is 2.76 bits per heavy atom. The molecule has 2 aromatic heterocycles. The lowest BCUT2D eigenvalue weighted by molar-refractivity contribution is -0.219. The van der Waals surface area contributed by atoms with Crippen molar-refractivity contribution in [1.29, 1.82) is 0 Å². The van der Waals surface area contributed by atoms with E-state index in [2.05, 4.69) is 25.8 Å². The van der Waals surface area contributed by atoms with Crippen molar-refractivity contribution in [2.75, 3.05) is 24.6 Å². The number of hydrogen-bond donors (Lipinski definition) is 4. The molecule has 1 aromatic carbocycles. The highest BCUT2D eigenvalue weighted by Crippen LogP contribution is 2.43. The standard InChI is InChI=1S/C19H21F3N8O2S/c20-19(21,22)16(31-8-13(28-23)29-24)11-1-2-12(17-25-3-4-33-17)15-14(11)27-18(32-15)30-6-9-5-10(7-30)26-9/h1-4,9-10,16,26H,5-8,23-24H2,(H,28,29). The summed E-state index contributed by atoms with van der Waals surface area (Å²) in [5.74, 6) is 10.2. The van der Waals surface area contributed by atoms with Crippen molar-refractivity contribution in [3.63, 3.8) is 0 Å². The predicted octanol–water partition coefficient (Wildman–Crippen LogP) is 1.86. The molecule has 5 heterocycles. The number of amidine groups is 1. The molecular weight excluding hydrogens is 461 g/mol. The molecular formula is C19H21F3N8O2S. The van der Waals surface area contributed by atoms with Crippen LogP contribution in [0.15, 0.2) is 33.2 Å². The van der Waals surface area contributed by atoms with Crippen LogP contribution >= 0.6 is 11.3 Å². The normalized spacial score (nSPS) is 21.8. The fraction of sp³-hybridized carbons (Fsp3) is 0.421. The van der Waals surface area contributed by atoms with Crippen LogP contribution in [-0.2, 0) is 4.74 Å². The van der Waals surface area contributed by atoms with Gasteiger partial charge < -0.3 is 30.6 Å². The van der Waals surface area contributed by atoms with Gasteiger partial charge in [0, 0.05) is 42.3 Å². The summed E-state index contributed by atoms with van der Waals surface area (Å²) in [5.41, 5.74) is 2.79. The highest BCUT2D eigenvalue weighted by molar-refractivity contribution is 7.13. The smallest absolute Gasteiger partial charge is 0.418 e. The van der Waals surface area contributed by atoms with E-state index in [1.54, 1.807) is 17.6 Å². The van der Waals surface area contributed by atoms with E-state index in [4.69, 9.17) is 20.8 Å². The first-order valence-corrected chi connectivity index (χ1v) is 11.0. The minimum atomic E-state index is -4.74. The minimum absolute atomic E-state index is 0.0687. The van der Waals surface area contributed by atoms with Gasteiger partial charge in [-0.25, -0.2) is 10.8 Å². The van der Waals surface area contributed by atoms with E-state index in [0.29, 0.717) is 35.7 Å². The van der Waals surface area contributed by atoms with Gasteiger partial charge in [0.25, 0.3) is 6.01 Å². The molecule has 3 fully saturated rings. The summed E-state index contributed by atoms with van der Waals surface area (Å²) in [4.78, 5) is 10.7. The van der Waals surface area contributed by atoms with E-state index in [9.17, 15) is 13.2 Å². The Morgan fingerprint density at radius 2 is 2.15 bits per heavy atom. The van der Waals surface area contributed by atoms with Crippen molar-refractivity contribution < 1.29 is 22.3 Å². The van der Waals surface area contributed by atoms with Crippen LogP contribution < -0.4 is 27.3 Å². The zero-order chi connectivity index (χ0) is 23.2. The first-order valence-electron chi connectivity index (χ1n) is 10.1. The number of ether oxygens (including phenoxy) is 1. The number of hydrazine groups is 1. The maximum atomic E-state index is 14.0. The molecule has 3 aromatic rings. The van der Waals surface area contributed by atoms with E-state index >= 15 is 0 Å². The summed E-state index contributed by atoms with van der Waals surface area (Å²) in [5, 5.41) is 9.08. The number of hydrazone groups is 1. The van der Waals surface area contributed by atoms with Gasteiger partial charge in [0.2, 0.25) is 0 Å². The quantitative estimate of drug-likeness (QED) is 0.179. The third-order valence-electron chi connectivity index (χ3n) is 5.71. The van der Waals surface area contributed by atoms with Crippen molar-refractivity contribution >= 4 is 34.3 Å². The highest BCUT2D eigenvalue weighted by atomic mass is 32.1. The first kappa shape index (κ1) is 21.9. The number of piperidine rings is 1. The number of anilines is 1. The van der Waals surface area contributed by atoms with E-state index in [-0.39, 0.29) is 28.5 Å². The second kappa shape index (κ2) is 8.44. The molecule has 0 aliphatic carbocycles. The molecule has 10 nitrogen and oxygen atoms in total. The van der Waals surface area contributed by atoms with Crippen molar-refractivity contribution in [3.8, 4) is 10.6 Å². The Kier molecular flexibility index (Phi) is 5.60. The summed E-state index contributed by atoms with van der Waals surface area (Å²) in [6.45, 7) is 0.768. The molecule has 176 valence electrons. The molecule has 2 bridgehead atoms. The number of alkyl halides is 3. The number of nitrogens with zero attached hydrogens (tertiary/aromatic N) is 4. The highest BCUT2D eigenvalue weighted by Gasteiger charge is 2.44. The van der Waals surface area contributed by atoms with Crippen LogP contribution in [0, 0.1) is 0 Å². The molecule has 3 unspecified atom stereocenters. The average Bonchev–Trinajstić information content (AvgIpc) is 3.46. The molecule has 14 heteroatoms. The molecule has 33 heavy (non-hydrogen) atoms. The molecule has 3 saturated heterocycles. The summed E-state index contributed by atoms with van der Waals surface area (Å²) < 4.78 is 53.4. The van der Waals surface area contributed by atoms with Gasteiger partial charge in [0.15, 0.2) is 17.5 Å². The Bertz CT molecular complexity index is 1150.